The lowest BCUT2D eigenvalue weighted by molar-refractivity contribution is -0.385. The Balaban J connectivity index is 3.13. The number of carbonyl (C=O) groups is 2. The summed E-state index contributed by atoms with van der Waals surface area (Å²) < 4.78 is 17.8. The van der Waals surface area contributed by atoms with Crippen molar-refractivity contribution in [3.8, 4) is 0 Å². The van der Waals surface area contributed by atoms with Crippen LogP contribution < -0.4 is 0 Å². The zero-order valence-corrected chi connectivity index (χ0v) is 11.1. The van der Waals surface area contributed by atoms with Crippen molar-refractivity contribution in [3.05, 3.63) is 39.7 Å². The molecule has 0 aromatic heterocycles. The van der Waals surface area contributed by atoms with Crippen LogP contribution in [-0.4, -0.2) is 53.6 Å². The van der Waals surface area contributed by atoms with Gasteiger partial charge in [-0.3, -0.25) is 19.7 Å². The summed E-state index contributed by atoms with van der Waals surface area (Å²) in [5, 5.41) is 19.6. The standard InChI is InChI=1S/C12H13FN2O6/c1-21-5-4-14(7-11(16)17)12(18)9-3-2-8(13)6-10(9)15(19)20/h2-3,6H,4-5,7H2,1H3,(H,16,17). The number of halogens is 1. The maximum absolute atomic E-state index is 13.0. The van der Waals surface area contributed by atoms with Gasteiger partial charge >= 0.3 is 5.97 Å². The molecule has 0 unspecified atom stereocenters. The average molecular weight is 300 g/mol. The number of hydrogen-bond acceptors (Lipinski definition) is 5. The second kappa shape index (κ2) is 7.29. The van der Waals surface area contributed by atoms with Crippen LogP contribution in [0.2, 0.25) is 0 Å². The zero-order valence-electron chi connectivity index (χ0n) is 11.1. The molecular formula is C12H13FN2O6. The molecule has 0 atom stereocenters. The van der Waals surface area contributed by atoms with Crippen molar-refractivity contribution in [3.63, 3.8) is 0 Å². The smallest absolute Gasteiger partial charge is 0.323 e. The number of carboxylic acid groups (broad SMARTS) is 1. The Labute approximate surface area is 118 Å². The van der Waals surface area contributed by atoms with Crippen LogP contribution in [-0.2, 0) is 9.53 Å². The Morgan fingerprint density at radius 2 is 2.14 bits per heavy atom. The predicted octanol–water partition coefficient (Wildman–Crippen LogP) is 0.907. The van der Waals surface area contributed by atoms with Crippen molar-refractivity contribution in [1.82, 2.24) is 4.90 Å². The van der Waals surface area contributed by atoms with Crippen LogP contribution in [0.4, 0.5) is 10.1 Å². The minimum atomic E-state index is -1.27. The molecule has 0 fully saturated rings. The number of nitro groups is 1. The van der Waals surface area contributed by atoms with Crippen molar-refractivity contribution in [1.29, 1.82) is 0 Å². The Bertz CT molecular complexity index is 563. The van der Waals surface area contributed by atoms with E-state index in [-0.39, 0.29) is 18.7 Å². The second-order valence-electron chi connectivity index (χ2n) is 4.03. The molecule has 0 aliphatic rings. The number of nitrogens with zero attached hydrogens (tertiary/aromatic N) is 2. The van der Waals surface area contributed by atoms with E-state index in [1.54, 1.807) is 0 Å². The van der Waals surface area contributed by atoms with E-state index in [0.717, 1.165) is 17.0 Å². The number of benzene rings is 1. The Morgan fingerprint density at radius 3 is 2.67 bits per heavy atom. The van der Waals surface area contributed by atoms with E-state index in [1.807, 2.05) is 0 Å². The van der Waals surface area contributed by atoms with E-state index in [4.69, 9.17) is 9.84 Å². The first-order valence-electron chi connectivity index (χ1n) is 5.80. The molecule has 8 nitrogen and oxygen atoms in total. The molecule has 21 heavy (non-hydrogen) atoms. The molecule has 1 aromatic rings. The molecule has 9 heteroatoms. The van der Waals surface area contributed by atoms with Crippen molar-refractivity contribution < 1.29 is 28.7 Å². The maximum atomic E-state index is 13.0. The number of aliphatic carboxylic acids is 1. The number of ether oxygens (including phenoxy) is 1. The molecule has 0 spiro atoms. The lowest BCUT2D eigenvalue weighted by Crippen LogP contribution is -2.38. The Kier molecular flexibility index (Phi) is 5.73. The van der Waals surface area contributed by atoms with Gasteiger partial charge in [0.1, 0.15) is 17.9 Å². The summed E-state index contributed by atoms with van der Waals surface area (Å²) in [5.41, 5.74) is -1.09. The van der Waals surface area contributed by atoms with E-state index in [9.17, 15) is 24.1 Å². The van der Waals surface area contributed by atoms with Crippen molar-refractivity contribution in [2.45, 2.75) is 0 Å². The van der Waals surface area contributed by atoms with Crippen molar-refractivity contribution >= 4 is 17.6 Å². The summed E-state index contributed by atoms with van der Waals surface area (Å²) in [5.74, 6) is -3.01. The number of amides is 1. The minimum Gasteiger partial charge on any atom is -0.480 e. The van der Waals surface area contributed by atoms with Crippen LogP contribution in [0, 0.1) is 15.9 Å². The summed E-state index contributed by atoms with van der Waals surface area (Å²) in [7, 11) is 1.36. The summed E-state index contributed by atoms with van der Waals surface area (Å²) in [6, 6.07) is 2.47. The predicted molar refractivity (Wildman–Crippen MR) is 68.5 cm³/mol. The lowest BCUT2D eigenvalue weighted by atomic mass is 10.1. The molecule has 0 saturated carbocycles. The van der Waals surface area contributed by atoms with Gasteiger partial charge in [0.05, 0.1) is 17.6 Å². The molecule has 0 bridgehead atoms. The van der Waals surface area contributed by atoms with Crippen LogP contribution in [0.15, 0.2) is 18.2 Å². The highest BCUT2D eigenvalue weighted by Crippen LogP contribution is 2.21. The second-order valence-corrected chi connectivity index (χ2v) is 4.03. The third-order valence-electron chi connectivity index (χ3n) is 2.57. The van der Waals surface area contributed by atoms with Crippen molar-refractivity contribution in [2.75, 3.05) is 26.8 Å². The summed E-state index contributed by atoms with van der Waals surface area (Å²) in [6.45, 7) is -0.638. The molecule has 0 heterocycles. The number of hydrogen-bond donors (Lipinski definition) is 1. The third-order valence-corrected chi connectivity index (χ3v) is 2.57. The molecular weight excluding hydrogens is 287 g/mol. The number of rotatable bonds is 7. The summed E-state index contributed by atoms with van der Waals surface area (Å²) in [4.78, 5) is 33.8. The highest BCUT2D eigenvalue weighted by atomic mass is 19.1. The summed E-state index contributed by atoms with van der Waals surface area (Å²) >= 11 is 0. The largest absolute Gasteiger partial charge is 0.480 e. The topological polar surface area (TPSA) is 110 Å². The quantitative estimate of drug-likeness (QED) is 0.592. The first-order valence-corrected chi connectivity index (χ1v) is 5.80. The molecule has 0 radical (unpaired) electrons. The van der Waals surface area contributed by atoms with Crippen LogP contribution >= 0.6 is 0 Å². The van der Waals surface area contributed by atoms with Gasteiger partial charge in [-0.25, -0.2) is 4.39 Å². The number of carbonyl (C=O) groups excluding carboxylic acids is 1. The van der Waals surface area contributed by atoms with E-state index >= 15 is 0 Å². The zero-order chi connectivity index (χ0) is 16.0. The maximum Gasteiger partial charge on any atom is 0.323 e. The fraction of sp³-hybridized carbons (Fsp3) is 0.333. The van der Waals surface area contributed by atoms with Gasteiger partial charge in [-0.1, -0.05) is 0 Å². The Morgan fingerprint density at radius 1 is 1.48 bits per heavy atom. The van der Waals surface area contributed by atoms with Gasteiger partial charge in [-0.15, -0.1) is 0 Å². The van der Waals surface area contributed by atoms with E-state index < -0.39 is 34.8 Å². The van der Waals surface area contributed by atoms with Crippen LogP contribution in [0.5, 0.6) is 0 Å². The molecule has 1 N–H and O–H groups in total. The highest BCUT2D eigenvalue weighted by Gasteiger charge is 2.26. The molecule has 0 saturated heterocycles. The molecule has 1 aromatic carbocycles. The van der Waals surface area contributed by atoms with E-state index in [1.165, 1.54) is 7.11 Å². The van der Waals surface area contributed by atoms with Gasteiger partial charge in [0, 0.05) is 13.7 Å². The lowest BCUT2D eigenvalue weighted by Gasteiger charge is -2.20. The van der Waals surface area contributed by atoms with Crippen LogP contribution in [0.25, 0.3) is 0 Å². The fourth-order valence-corrected chi connectivity index (χ4v) is 1.62. The van der Waals surface area contributed by atoms with Crippen LogP contribution in [0.3, 0.4) is 0 Å². The monoisotopic (exact) mass is 300 g/mol. The van der Waals surface area contributed by atoms with Gasteiger partial charge in [0.2, 0.25) is 0 Å². The number of carboxylic acids is 1. The fourth-order valence-electron chi connectivity index (χ4n) is 1.62. The summed E-state index contributed by atoms with van der Waals surface area (Å²) in [6.07, 6.45) is 0. The van der Waals surface area contributed by atoms with E-state index in [2.05, 4.69) is 0 Å². The van der Waals surface area contributed by atoms with E-state index in [0.29, 0.717) is 6.07 Å². The normalized spacial score (nSPS) is 10.2. The van der Waals surface area contributed by atoms with Crippen LogP contribution in [0.1, 0.15) is 10.4 Å². The SMILES string of the molecule is COCCN(CC(=O)O)C(=O)c1ccc(F)cc1[N+](=O)[O-]. The van der Waals surface area contributed by atoms with Gasteiger partial charge in [0.25, 0.3) is 11.6 Å². The minimum absolute atomic E-state index is 0.0594. The molecule has 1 amide bonds. The first-order chi connectivity index (χ1) is 9.86. The third kappa shape index (κ3) is 4.49. The first kappa shape index (κ1) is 16.5. The molecule has 1 rings (SSSR count). The molecule has 114 valence electrons. The van der Waals surface area contributed by atoms with Crippen molar-refractivity contribution in [2.24, 2.45) is 0 Å². The molecule has 0 aliphatic carbocycles. The van der Waals surface area contributed by atoms with Gasteiger partial charge < -0.3 is 14.7 Å². The molecule has 0 aliphatic heterocycles. The Hall–Kier alpha value is -2.55. The van der Waals surface area contributed by atoms with Gasteiger partial charge in [0.15, 0.2) is 0 Å². The number of methoxy groups -OCH3 is 1. The number of nitro benzene ring substituents is 1. The van der Waals surface area contributed by atoms with Gasteiger partial charge in [-0.2, -0.15) is 0 Å². The average Bonchev–Trinajstić information content (AvgIpc) is 2.42. The van der Waals surface area contributed by atoms with Gasteiger partial charge in [-0.05, 0) is 12.1 Å². The highest BCUT2D eigenvalue weighted by molar-refractivity contribution is 5.99.